The van der Waals surface area contributed by atoms with E-state index in [9.17, 15) is 9.59 Å². The van der Waals surface area contributed by atoms with E-state index in [1.54, 1.807) is 11.9 Å². The van der Waals surface area contributed by atoms with Gasteiger partial charge in [-0.1, -0.05) is 37.6 Å². The average molecular weight is 363 g/mol. The van der Waals surface area contributed by atoms with Crippen LogP contribution in [0.15, 0.2) is 24.3 Å². The quantitative estimate of drug-likeness (QED) is 0.617. The highest BCUT2D eigenvalue weighted by Gasteiger charge is 2.25. The molecule has 5 heteroatoms. The highest BCUT2D eigenvalue weighted by atomic mass is 16.6. The lowest BCUT2D eigenvalue weighted by atomic mass is 9.98. The van der Waals surface area contributed by atoms with Gasteiger partial charge in [-0.15, -0.1) is 0 Å². The molecule has 0 radical (unpaired) electrons. The van der Waals surface area contributed by atoms with Crippen LogP contribution in [0, 0.1) is 0 Å². The zero-order chi connectivity index (χ0) is 19.7. The third kappa shape index (κ3) is 7.46. The Morgan fingerprint density at radius 3 is 2.23 bits per heavy atom. The van der Waals surface area contributed by atoms with Crippen molar-refractivity contribution in [3.8, 4) is 0 Å². The second-order valence-corrected chi connectivity index (χ2v) is 7.44. The van der Waals surface area contributed by atoms with Gasteiger partial charge in [-0.25, -0.2) is 4.79 Å². The van der Waals surface area contributed by atoms with Gasteiger partial charge in [0.25, 0.3) is 0 Å². The van der Waals surface area contributed by atoms with Gasteiger partial charge in [0, 0.05) is 13.5 Å². The summed E-state index contributed by atoms with van der Waals surface area (Å²) in [7, 11) is 1.78. The summed E-state index contributed by atoms with van der Waals surface area (Å²) in [6, 6.07) is 8.05. The van der Waals surface area contributed by atoms with E-state index in [0.717, 1.165) is 24.0 Å². The van der Waals surface area contributed by atoms with E-state index in [0.29, 0.717) is 19.4 Å². The number of nitrogens with zero attached hydrogens (tertiary/aromatic N) is 1. The fraction of sp³-hybridized carbons (Fsp3) is 0.619. The summed E-state index contributed by atoms with van der Waals surface area (Å²) >= 11 is 0. The zero-order valence-corrected chi connectivity index (χ0v) is 17.0. The summed E-state index contributed by atoms with van der Waals surface area (Å²) in [5.41, 5.74) is 1.64. The topological polar surface area (TPSA) is 55.8 Å². The maximum absolute atomic E-state index is 12.4. The first kappa shape index (κ1) is 22.0. The van der Waals surface area contributed by atoms with E-state index in [1.165, 1.54) is 0 Å². The van der Waals surface area contributed by atoms with Gasteiger partial charge in [-0.2, -0.15) is 0 Å². The summed E-state index contributed by atoms with van der Waals surface area (Å²) in [5.74, 6) is -0.176. The fourth-order valence-corrected chi connectivity index (χ4v) is 2.70. The summed E-state index contributed by atoms with van der Waals surface area (Å²) in [5, 5.41) is 0. The summed E-state index contributed by atoms with van der Waals surface area (Å²) in [6.07, 6.45) is 2.53. The molecule has 1 unspecified atom stereocenters. The van der Waals surface area contributed by atoms with Crippen molar-refractivity contribution < 1.29 is 19.1 Å². The van der Waals surface area contributed by atoms with Crippen LogP contribution in [-0.2, 0) is 20.7 Å². The molecular weight excluding hydrogens is 330 g/mol. The lowest BCUT2D eigenvalue weighted by molar-refractivity contribution is -0.143. The molecule has 146 valence electrons. The number of aryl methyl sites for hydroxylation is 1. The maximum atomic E-state index is 12.4. The van der Waals surface area contributed by atoms with E-state index >= 15 is 0 Å². The van der Waals surface area contributed by atoms with E-state index in [2.05, 4.69) is 6.92 Å². The van der Waals surface area contributed by atoms with Crippen molar-refractivity contribution in [2.24, 2.45) is 0 Å². The van der Waals surface area contributed by atoms with Crippen molar-refractivity contribution in [2.45, 2.75) is 71.9 Å². The Labute approximate surface area is 157 Å². The Hall–Kier alpha value is -2.04. The zero-order valence-electron chi connectivity index (χ0n) is 17.0. The van der Waals surface area contributed by atoms with Gasteiger partial charge < -0.3 is 14.4 Å². The first-order chi connectivity index (χ1) is 12.2. The van der Waals surface area contributed by atoms with Crippen LogP contribution in [0.25, 0.3) is 0 Å². The first-order valence-electron chi connectivity index (χ1n) is 9.38. The molecule has 0 saturated carbocycles. The minimum atomic E-state index is -0.515. The van der Waals surface area contributed by atoms with Gasteiger partial charge in [0.1, 0.15) is 5.60 Å². The van der Waals surface area contributed by atoms with Crippen molar-refractivity contribution in [1.82, 2.24) is 4.90 Å². The molecule has 26 heavy (non-hydrogen) atoms. The molecule has 0 saturated heterocycles. The summed E-state index contributed by atoms with van der Waals surface area (Å²) in [6.45, 7) is 9.92. The lowest BCUT2D eigenvalue weighted by Crippen LogP contribution is -2.36. The number of rotatable bonds is 8. The minimum absolute atomic E-state index is 0.0334. The Bertz CT molecular complexity index is 575. The largest absolute Gasteiger partial charge is 0.466 e. The second kappa shape index (κ2) is 10.2. The van der Waals surface area contributed by atoms with Crippen LogP contribution < -0.4 is 0 Å². The van der Waals surface area contributed by atoms with Crippen molar-refractivity contribution >= 4 is 12.1 Å². The number of esters is 1. The van der Waals surface area contributed by atoms with Gasteiger partial charge in [0.05, 0.1) is 12.6 Å². The third-order valence-electron chi connectivity index (χ3n) is 4.00. The Kier molecular flexibility index (Phi) is 8.62. The minimum Gasteiger partial charge on any atom is -0.466 e. The number of hydrogen-bond acceptors (Lipinski definition) is 4. The van der Waals surface area contributed by atoms with Crippen LogP contribution in [0.3, 0.4) is 0 Å². The molecule has 0 aliphatic carbocycles. The molecule has 5 nitrogen and oxygen atoms in total. The maximum Gasteiger partial charge on any atom is 0.410 e. The van der Waals surface area contributed by atoms with Crippen LogP contribution in [0.2, 0.25) is 0 Å². The molecule has 1 rings (SSSR count). The molecule has 0 fully saturated rings. The van der Waals surface area contributed by atoms with Crippen LogP contribution in [0.5, 0.6) is 0 Å². The van der Waals surface area contributed by atoms with Crippen molar-refractivity contribution in [3.05, 3.63) is 35.4 Å². The Morgan fingerprint density at radius 2 is 1.73 bits per heavy atom. The Morgan fingerprint density at radius 1 is 1.12 bits per heavy atom. The molecule has 0 spiro atoms. The van der Waals surface area contributed by atoms with Crippen molar-refractivity contribution in [1.29, 1.82) is 0 Å². The average Bonchev–Trinajstić information content (AvgIpc) is 2.56. The van der Waals surface area contributed by atoms with Gasteiger partial charge in [0.2, 0.25) is 0 Å². The second-order valence-electron chi connectivity index (χ2n) is 7.44. The van der Waals surface area contributed by atoms with E-state index in [4.69, 9.17) is 9.47 Å². The van der Waals surface area contributed by atoms with Crippen LogP contribution in [0.4, 0.5) is 4.79 Å². The summed E-state index contributed by atoms with van der Waals surface area (Å²) < 4.78 is 10.5. The normalized spacial score (nSPS) is 12.4. The highest BCUT2D eigenvalue weighted by molar-refractivity contribution is 5.69. The van der Waals surface area contributed by atoms with Crippen molar-refractivity contribution in [2.75, 3.05) is 13.7 Å². The van der Waals surface area contributed by atoms with Gasteiger partial charge in [0.15, 0.2) is 0 Å². The Balaban J connectivity index is 2.80. The van der Waals surface area contributed by atoms with Gasteiger partial charge >= 0.3 is 12.1 Å². The molecule has 1 aromatic rings. The first-order valence-corrected chi connectivity index (χ1v) is 9.38. The van der Waals surface area contributed by atoms with Gasteiger partial charge in [-0.05, 0) is 51.7 Å². The van der Waals surface area contributed by atoms with Gasteiger partial charge in [-0.3, -0.25) is 4.79 Å². The smallest absolute Gasteiger partial charge is 0.410 e. The molecule has 0 heterocycles. The highest BCUT2D eigenvalue weighted by Crippen LogP contribution is 2.26. The van der Waals surface area contributed by atoms with Crippen LogP contribution in [0.1, 0.15) is 71.0 Å². The van der Waals surface area contributed by atoms with Crippen LogP contribution in [-0.4, -0.2) is 36.2 Å². The number of hydrogen-bond donors (Lipinski definition) is 0. The standard InChI is InChI=1S/C21H33NO4/c1-7-9-18(22(6)20(24)26-21(3,4)5)17-13-10-16(11-14-17)12-15-19(23)25-8-2/h10-11,13-14,18H,7-9,12,15H2,1-6H3. The fourth-order valence-electron chi connectivity index (χ4n) is 2.70. The predicted octanol–water partition coefficient (Wildman–Crippen LogP) is 4.89. The number of carbonyl (C=O) groups excluding carboxylic acids is 2. The monoisotopic (exact) mass is 363 g/mol. The molecule has 0 N–H and O–H groups in total. The van der Waals surface area contributed by atoms with Crippen molar-refractivity contribution in [3.63, 3.8) is 0 Å². The third-order valence-corrected chi connectivity index (χ3v) is 4.00. The molecule has 1 atom stereocenters. The molecule has 1 amide bonds. The molecule has 0 aliphatic rings. The summed E-state index contributed by atoms with van der Waals surface area (Å²) in [4.78, 5) is 25.6. The predicted molar refractivity (Wildman–Crippen MR) is 103 cm³/mol. The molecule has 0 aliphatic heterocycles. The molecule has 1 aromatic carbocycles. The lowest BCUT2D eigenvalue weighted by Gasteiger charge is -2.31. The van der Waals surface area contributed by atoms with E-state index in [1.807, 2.05) is 52.0 Å². The molecular formula is C21H33NO4. The van der Waals surface area contributed by atoms with E-state index in [-0.39, 0.29) is 18.1 Å². The number of carbonyl (C=O) groups is 2. The number of ether oxygens (including phenoxy) is 2. The SMILES string of the molecule is CCCC(c1ccc(CCC(=O)OCC)cc1)N(C)C(=O)OC(C)(C)C. The van der Waals surface area contributed by atoms with Crippen LogP contribution >= 0.6 is 0 Å². The number of benzene rings is 1. The molecule has 0 aromatic heterocycles. The van der Waals surface area contributed by atoms with E-state index < -0.39 is 5.60 Å². The number of amides is 1. The molecule has 0 bridgehead atoms.